The maximum absolute atomic E-state index is 11.1. The van der Waals surface area contributed by atoms with Gasteiger partial charge in [-0.2, -0.15) is 5.10 Å². The molecule has 4 heterocycles. The van der Waals surface area contributed by atoms with Gasteiger partial charge in [0.2, 0.25) is 0 Å². The average Bonchev–Trinajstić information content (AvgIpc) is 3.48. The highest BCUT2D eigenvalue weighted by atomic mass is 35.5. The molecule has 0 aliphatic rings. The molecule has 0 saturated heterocycles. The summed E-state index contributed by atoms with van der Waals surface area (Å²) in [6, 6.07) is 5.57. The third kappa shape index (κ3) is 4.21. The first kappa shape index (κ1) is 22.5. The van der Waals surface area contributed by atoms with Crippen LogP contribution in [-0.4, -0.2) is 52.7 Å². The highest BCUT2D eigenvalue weighted by molar-refractivity contribution is 6.32. The lowest BCUT2D eigenvalue weighted by Crippen LogP contribution is -2.07. The Morgan fingerprint density at radius 2 is 2.06 bits per heavy atom. The minimum Gasteiger partial charge on any atom is -0.495 e. The number of aryl methyl sites for hydroxylation is 1. The number of rotatable bonds is 8. The number of carbonyl (C=O) groups is 1. The Bertz CT molecular complexity index is 1560. The number of ether oxygens (including phenoxy) is 1. The van der Waals surface area contributed by atoms with Crippen molar-refractivity contribution in [2.45, 2.75) is 26.4 Å². The quantitative estimate of drug-likeness (QED) is 0.334. The van der Waals surface area contributed by atoms with Crippen molar-refractivity contribution < 1.29 is 14.6 Å². The van der Waals surface area contributed by atoms with E-state index in [0.29, 0.717) is 41.2 Å². The monoisotopic (exact) mass is 492 g/mol. The number of aliphatic carboxylic acids is 1. The average molecular weight is 493 g/mol. The number of hydrogen-bond donors (Lipinski definition) is 2. The second-order valence-electron chi connectivity index (χ2n) is 7.78. The van der Waals surface area contributed by atoms with Gasteiger partial charge in [0.15, 0.2) is 17.3 Å². The molecule has 11 nitrogen and oxygen atoms in total. The number of fused-ring (bicyclic) bond motifs is 3. The van der Waals surface area contributed by atoms with Crippen LogP contribution in [0.2, 0.25) is 5.02 Å². The standard InChI is InChI=1S/C23H21ClN8O3/c1-3-32-22-16(10-28-32)20-15(9-26-22)23(31-11-14(27-12-31)7-19(33)34)30-29-21(20)25-8-13-4-5-18(35-2)17(24)6-13/h4-6,9-12H,3,7-8H2,1-2H3,(H,25,29)(H,33,34). The number of carboxylic acids is 1. The summed E-state index contributed by atoms with van der Waals surface area (Å²) in [6.07, 6.45) is 6.45. The van der Waals surface area contributed by atoms with Crippen LogP contribution in [0.3, 0.4) is 0 Å². The lowest BCUT2D eigenvalue weighted by Gasteiger charge is -2.13. The van der Waals surface area contributed by atoms with Gasteiger partial charge in [-0.05, 0) is 24.6 Å². The lowest BCUT2D eigenvalue weighted by molar-refractivity contribution is -0.136. The van der Waals surface area contributed by atoms with E-state index >= 15 is 0 Å². The summed E-state index contributed by atoms with van der Waals surface area (Å²) in [5.41, 5.74) is 2.09. The minimum atomic E-state index is -0.959. The topological polar surface area (TPSA) is 133 Å². The van der Waals surface area contributed by atoms with Gasteiger partial charge in [0.1, 0.15) is 12.1 Å². The van der Waals surface area contributed by atoms with Crippen molar-refractivity contribution in [3.8, 4) is 11.6 Å². The first-order chi connectivity index (χ1) is 17.0. The summed E-state index contributed by atoms with van der Waals surface area (Å²) in [5.74, 6) is 0.692. The number of hydrogen-bond acceptors (Lipinski definition) is 8. The van der Waals surface area contributed by atoms with Crippen LogP contribution in [0.25, 0.3) is 27.6 Å². The second-order valence-corrected chi connectivity index (χ2v) is 8.19. The Balaban J connectivity index is 1.60. The SMILES string of the molecule is CCn1ncc2c3c(NCc4ccc(OC)c(Cl)c4)nnc(-n4cnc(CC(=O)O)c4)c3cnc21. The smallest absolute Gasteiger partial charge is 0.309 e. The summed E-state index contributed by atoms with van der Waals surface area (Å²) >= 11 is 6.28. The Morgan fingerprint density at radius 1 is 1.20 bits per heavy atom. The molecule has 0 saturated carbocycles. The number of benzene rings is 1. The Hall–Kier alpha value is -4.25. The van der Waals surface area contributed by atoms with E-state index in [2.05, 4.69) is 30.6 Å². The first-order valence-corrected chi connectivity index (χ1v) is 11.2. The largest absolute Gasteiger partial charge is 0.495 e. The van der Waals surface area contributed by atoms with Gasteiger partial charge in [-0.15, -0.1) is 10.2 Å². The van der Waals surface area contributed by atoms with E-state index < -0.39 is 5.97 Å². The maximum Gasteiger partial charge on any atom is 0.309 e. The van der Waals surface area contributed by atoms with Crippen LogP contribution < -0.4 is 10.1 Å². The Kier molecular flexibility index (Phi) is 5.91. The normalized spacial score (nSPS) is 11.3. The molecule has 0 amide bonds. The van der Waals surface area contributed by atoms with E-state index in [1.807, 2.05) is 29.8 Å². The zero-order chi connectivity index (χ0) is 24.5. The number of carboxylic acid groups (broad SMARTS) is 1. The van der Waals surface area contributed by atoms with E-state index in [4.69, 9.17) is 21.4 Å². The molecule has 1 aromatic carbocycles. The number of anilines is 1. The van der Waals surface area contributed by atoms with Crippen molar-refractivity contribution in [3.63, 3.8) is 0 Å². The molecule has 2 N–H and O–H groups in total. The number of pyridine rings is 1. The van der Waals surface area contributed by atoms with Crippen LogP contribution in [0.5, 0.6) is 5.75 Å². The second kappa shape index (κ2) is 9.18. The molecule has 0 fully saturated rings. The molecule has 0 spiro atoms. The van der Waals surface area contributed by atoms with Crippen molar-refractivity contribution >= 4 is 45.2 Å². The number of nitrogens with one attached hydrogen (secondary N) is 1. The zero-order valence-electron chi connectivity index (χ0n) is 18.9. The third-order valence-corrected chi connectivity index (χ3v) is 5.87. The van der Waals surface area contributed by atoms with E-state index in [1.165, 1.54) is 6.33 Å². The third-order valence-electron chi connectivity index (χ3n) is 5.58. The van der Waals surface area contributed by atoms with Crippen LogP contribution in [0.15, 0.2) is 43.1 Å². The van der Waals surface area contributed by atoms with Crippen LogP contribution in [-0.2, 0) is 24.3 Å². The molecule has 0 radical (unpaired) electrons. The van der Waals surface area contributed by atoms with Crippen molar-refractivity contribution in [3.05, 3.63) is 59.4 Å². The molecule has 5 aromatic rings. The van der Waals surface area contributed by atoms with Crippen molar-refractivity contribution in [1.29, 1.82) is 0 Å². The van der Waals surface area contributed by atoms with Crippen LogP contribution in [0, 0.1) is 0 Å². The van der Waals surface area contributed by atoms with Gasteiger partial charge in [0.25, 0.3) is 0 Å². The fraction of sp³-hybridized carbons (Fsp3) is 0.217. The first-order valence-electron chi connectivity index (χ1n) is 10.8. The highest BCUT2D eigenvalue weighted by Crippen LogP contribution is 2.32. The molecule has 178 valence electrons. The Morgan fingerprint density at radius 3 is 2.80 bits per heavy atom. The highest BCUT2D eigenvalue weighted by Gasteiger charge is 2.18. The van der Waals surface area contributed by atoms with Gasteiger partial charge in [-0.25, -0.2) is 14.6 Å². The van der Waals surface area contributed by atoms with Crippen LogP contribution in [0.4, 0.5) is 5.82 Å². The van der Waals surface area contributed by atoms with Gasteiger partial charge >= 0.3 is 5.97 Å². The predicted octanol–water partition coefficient (Wildman–Crippen LogP) is 3.48. The van der Waals surface area contributed by atoms with Crippen molar-refractivity contribution in [2.24, 2.45) is 0 Å². The van der Waals surface area contributed by atoms with Gasteiger partial charge in [-0.1, -0.05) is 17.7 Å². The molecule has 35 heavy (non-hydrogen) atoms. The fourth-order valence-corrected chi connectivity index (χ4v) is 4.21. The summed E-state index contributed by atoms with van der Waals surface area (Å²) in [4.78, 5) is 19.9. The maximum atomic E-state index is 11.1. The molecular weight excluding hydrogens is 472 g/mol. The van der Waals surface area contributed by atoms with Gasteiger partial charge in [0.05, 0.1) is 35.8 Å². The van der Waals surface area contributed by atoms with Crippen molar-refractivity contribution in [2.75, 3.05) is 12.4 Å². The molecule has 0 unspecified atom stereocenters. The van der Waals surface area contributed by atoms with E-state index in [-0.39, 0.29) is 6.42 Å². The minimum absolute atomic E-state index is 0.186. The van der Waals surface area contributed by atoms with Crippen molar-refractivity contribution in [1.82, 2.24) is 34.5 Å². The van der Waals surface area contributed by atoms with E-state index in [0.717, 1.165) is 27.4 Å². The number of methoxy groups -OCH3 is 1. The molecular formula is C23H21ClN8O3. The fourth-order valence-electron chi connectivity index (χ4n) is 3.93. The Labute approximate surface area is 204 Å². The molecule has 0 aliphatic carbocycles. The van der Waals surface area contributed by atoms with E-state index in [1.54, 1.807) is 30.3 Å². The van der Waals surface area contributed by atoms with Gasteiger partial charge < -0.3 is 15.2 Å². The van der Waals surface area contributed by atoms with Crippen LogP contribution >= 0.6 is 11.6 Å². The summed E-state index contributed by atoms with van der Waals surface area (Å²) in [5, 5.41) is 28.6. The summed E-state index contributed by atoms with van der Waals surface area (Å²) in [6.45, 7) is 3.11. The van der Waals surface area contributed by atoms with Gasteiger partial charge in [0, 0.05) is 36.3 Å². The molecule has 12 heteroatoms. The molecule has 0 bridgehead atoms. The van der Waals surface area contributed by atoms with Crippen LogP contribution in [0.1, 0.15) is 18.2 Å². The van der Waals surface area contributed by atoms with E-state index in [9.17, 15) is 4.79 Å². The molecule has 0 aliphatic heterocycles. The summed E-state index contributed by atoms with van der Waals surface area (Å²) in [7, 11) is 1.57. The lowest BCUT2D eigenvalue weighted by atomic mass is 10.1. The molecule has 4 aromatic heterocycles. The zero-order valence-corrected chi connectivity index (χ0v) is 19.7. The predicted molar refractivity (Wildman–Crippen MR) is 130 cm³/mol. The summed E-state index contributed by atoms with van der Waals surface area (Å²) < 4.78 is 8.69. The number of imidazole rings is 1. The number of halogens is 1. The van der Waals surface area contributed by atoms with Gasteiger partial charge in [-0.3, -0.25) is 9.36 Å². The number of nitrogens with zero attached hydrogens (tertiary/aromatic N) is 7. The number of aromatic nitrogens is 7. The molecule has 0 atom stereocenters. The molecule has 5 rings (SSSR count).